The van der Waals surface area contributed by atoms with Crippen molar-refractivity contribution in [1.82, 2.24) is 5.32 Å². The van der Waals surface area contributed by atoms with Crippen molar-refractivity contribution in [3.63, 3.8) is 0 Å². The van der Waals surface area contributed by atoms with Crippen LogP contribution in [0.5, 0.6) is 5.75 Å². The van der Waals surface area contributed by atoms with E-state index in [1.807, 2.05) is 0 Å². The maximum atomic E-state index is 13.4. The van der Waals surface area contributed by atoms with Crippen molar-refractivity contribution in [2.24, 2.45) is 23.5 Å². The van der Waals surface area contributed by atoms with Gasteiger partial charge in [-0.2, -0.15) is 13.2 Å². The third kappa shape index (κ3) is 9.18. The number of benzene rings is 2. The number of nitrogens with two attached hydrogens (primary N) is 1. The molecule has 40 heavy (non-hydrogen) atoms. The number of alkyl halides is 3. The number of nitrogens with one attached hydrogen (secondary N) is 1. The van der Waals surface area contributed by atoms with Crippen LogP contribution in [0.4, 0.5) is 13.2 Å². The van der Waals surface area contributed by atoms with Crippen molar-refractivity contribution in [3.8, 4) is 5.75 Å². The van der Waals surface area contributed by atoms with E-state index in [0.29, 0.717) is 5.75 Å². The summed E-state index contributed by atoms with van der Waals surface area (Å²) in [6, 6.07) is 10.3. The number of rotatable bonds is 14. The minimum atomic E-state index is -5.15. The second-order valence-corrected chi connectivity index (χ2v) is 10.0. The van der Waals surface area contributed by atoms with Gasteiger partial charge < -0.3 is 15.8 Å². The molecule has 2 amide bonds. The lowest BCUT2D eigenvalue weighted by Gasteiger charge is -2.25. The lowest BCUT2D eigenvalue weighted by atomic mass is 9.84. The van der Waals surface area contributed by atoms with Crippen molar-refractivity contribution in [1.29, 1.82) is 0 Å². The summed E-state index contributed by atoms with van der Waals surface area (Å²) in [4.78, 5) is 63.3. The van der Waals surface area contributed by atoms with Gasteiger partial charge in [0.15, 0.2) is 11.6 Å². The third-order valence-electron chi connectivity index (χ3n) is 6.30. The van der Waals surface area contributed by atoms with Gasteiger partial charge in [-0.3, -0.25) is 24.0 Å². The molecule has 0 saturated carbocycles. The molecule has 0 bridgehead atoms. The first kappa shape index (κ1) is 32.5. The number of halogens is 4. The first-order valence-electron chi connectivity index (χ1n) is 12.3. The van der Waals surface area contributed by atoms with Crippen molar-refractivity contribution in [2.75, 3.05) is 7.11 Å². The molecule has 0 aliphatic rings. The molecule has 12 heteroatoms. The Morgan fingerprint density at radius 1 is 0.975 bits per heavy atom. The summed E-state index contributed by atoms with van der Waals surface area (Å²) in [6.45, 7) is 2.76. The summed E-state index contributed by atoms with van der Waals surface area (Å²) in [7, 11) is 1.40. The van der Waals surface area contributed by atoms with E-state index in [-0.39, 0.29) is 16.1 Å². The van der Waals surface area contributed by atoms with Gasteiger partial charge in [0.05, 0.1) is 13.0 Å². The molecule has 0 radical (unpaired) electrons. The fourth-order valence-electron chi connectivity index (χ4n) is 4.09. The van der Waals surface area contributed by atoms with Gasteiger partial charge in [-0.25, -0.2) is 0 Å². The molecule has 0 aliphatic carbocycles. The van der Waals surface area contributed by atoms with Crippen LogP contribution >= 0.6 is 11.6 Å². The number of ether oxygens (including phenoxy) is 1. The summed E-state index contributed by atoms with van der Waals surface area (Å²) in [5, 5.41) is 2.74. The zero-order valence-corrected chi connectivity index (χ0v) is 22.8. The van der Waals surface area contributed by atoms with Crippen molar-refractivity contribution < 1.29 is 41.9 Å². The number of hydrogen-bond donors (Lipinski definition) is 2. The summed E-state index contributed by atoms with van der Waals surface area (Å²) < 4.78 is 44.7. The standard InChI is InChI=1S/C28H30ClF3N2O6/c1-15(2)21(26(38)28(30,31)32)14-23(36)25(16-7-9-20(40-3)10-8-16)34-27(39)18(13-24(33)37)12-22(35)17-5-4-6-19(29)11-17/h4-11,15,18,21,25H,12-14H2,1-3H3,(H2,33,37)(H,34,39)/t18-,21-,25-/m0/s1. The van der Waals surface area contributed by atoms with Crippen LogP contribution in [-0.4, -0.2) is 42.5 Å². The fraction of sp³-hybridized carbons (Fsp3) is 0.393. The van der Waals surface area contributed by atoms with Gasteiger partial charge in [0.25, 0.3) is 0 Å². The minimum Gasteiger partial charge on any atom is -0.497 e. The van der Waals surface area contributed by atoms with Crippen LogP contribution in [0.2, 0.25) is 5.02 Å². The fourth-order valence-corrected chi connectivity index (χ4v) is 4.28. The van der Waals surface area contributed by atoms with E-state index < -0.39 is 78.4 Å². The van der Waals surface area contributed by atoms with Gasteiger partial charge in [0, 0.05) is 35.8 Å². The highest BCUT2D eigenvalue weighted by molar-refractivity contribution is 6.31. The monoisotopic (exact) mass is 582 g/mol. The molecule has 0 spiro atoms. The van der Waals surface area contributed by atoms with E-state index in [9.17, 15) is 37.1 Å². The SMILES string of the molecule is COc1ccc([C@H](NC(=O)[C@H](CC(N)=O)CC(=O)c2cccc(Cl)c2)C(=O)C[C@H](C(=O)C(F)(F)F)C(C)C)cc1. The number of Topliss-reactive ketones (excluding diaryl/α,β-unsaturated/α-hetero) is 3. The van der Waals surface area contributed by atoms with Crippen molar-refractivity contribution in [3.05, 3.63) is 64.7 Å². The summed E-state index contributed by atoms with van der Waals surface area (Å²) in [6.07, 6.45) is -6.96. The molecule has 2 aromatic rings. The number of ketones is 3. The van der Waals surface area contributed by atoms with E-state index in [4.69, 9.17) is 22.1 Å². The smallest absolute Gasteiger partial charge is 0.450 e. The average molecular weight is 583 g/mol. The van der Waals surface area contributed by atoms with Crippen LogP contribution in [0.3, 0.4) is 0 Å². The van der Waals surface area contributed by atoms with Crippen LogP contribution in [0.25, 0.3) is 0 Å². The second-order valence-electron chi connectivity index (χ2n) is 9.60. The van der Waals surface area contributed by atoms with Crippen molar-refractivity contribution >= 4 is 40.8 Å². The van der Waals surface area contributed by atoms with Crippen LogP contribution in [0, 0.1) is 17.8 Å². The normalized spacial score (nSPS) is 13.7. The summed E-state index contributed by atoms with van der Waals surface area (Å²) >= 11 is 5.93. The number of carbonyl (C=O) groups excluding carboxylic acids is 5. The first-order valence-corrected chi connectivity index (χ1v) is 12.7. The van der Waals surface area contributed by atoms with Gasteiger partial charge in [-0.15, -0.1) is 0 Å². The minimum absolute atomic E-state index is 0.183. The van der Waals surface area contributed by atoms with Gasteiger partial charge in [-0.05, 0) is 35.7 Å². The van der Waals surface area contributed by atoms with E-state index in [2.05, 4.69) is 5.32 Å². The lowest BCUT2D eigenvalue weighted by Crippen LogP contribution is -2.42. The molecule has 0 fully saturated rings. The van der Waals surface area contributed by atoms with Gasteiger partial charge in [-0.1, -0.05) is 49.7 Å². The van der Waals surface area contributed by atoms with E-state index in [1.165, 1.54) is 63.4 Å². The Morgan fingerprint density at radius 2 is 1.60 bits per heavy atom. The zero-order valence-electron chi connectivity index (χ0n) is 22.1. The van der Waals surface area contributed by atoms with Gasteiger partial charge in [0.1, 0.15) is 11.8 Å². The Bertz CT molecular complexity index is 1250. The molecular formula is C28H30ClF3N2O6. The second kappa shape index (κ2) is 14.1. The molecule has 0 unspecified atom stereocenters. The molecule has 216 valence electrons. The number of primary amides is 1. The molecule has 0 aliphatic heterocycles. The molecule has 0 heterocycles. The number of hydrogen-bond acceptors (Lipinski definition) is 6. The molecular weight excluding hydrogens is 553 g/mol. The number of methoxy groups -OCH3 is 1. The third-order valence-corrected chi connectivity index (χ3v) is 6.53. The summed E-state index contributed by atoms with van der Waals surface area (Å²) in [5.41, 5.74) is 5.68. The molecule has 0 saturated heterocycles. The molecule has 2 rings (SSSR count). The van der Waals surface area contributed by atoms with Crippen LogP contribution < -0.4 is 15.8 Å². The Hall–Kier alpha value is -3.73. The largest absolute Gasteiger partial charge is 0.497 e. The highest BCUT2D eigenvalue weighted by atomic mass is 35.5. The predicted octanol–water partition coefficient (Wildman–Crippen LogP) is 4.63. The van der Waals surface area contributed by atoms with E-state index >= 15 is 0 Å². The zero-order chi connectivity index (χ0) is 30.2. The van der Waals surface area contributed by atoms with Crippen molar-refractivity contribution in [2.45, 2.75) is 45.3 Å². The Labute approximate surface area is 234 Å². The maximum Gasteiger partial charge on any atom is 0.450 e. The maximum absolute atomic E-state index is 13.4. The van der Waals surface area contributed by atoms with Crippen LogP contribution in [0.1, 0.15) is 55.1 Å². The molecule has 2 aromatic carbocycles. The topological polar surface area (TPSA) is 133 Å². The molecule has 8 nitrogen and oxygen atoms in total. The lowest BCUT2D eigenvalue weighted by molar-refractivity contribution is -0.177. The Morgan fingerprint density at radius 3 is 2.10 bits per heavy atom. The molecule has 3 atom stereocenters. The predicted molar refractivity (Wildman–Crippen MR) is 141 cm³/mol. The van der Waals surface area contributed by atoms with Gasteiger partial charge >= 0.3 is 6.18 Å². The Balaban J connectivity index is 2.40. The number of carbonyl (C=O) groups is 5. The first-order chi connectivity index (χ1) is 18.6. The van der Waals surface area contributed by atoms with E-state index in [0.717, 1.165) is 0 Å². The summed E-state index contributed by atoms with van der Waals surface area (Å²) in [5.74, 6) is -8.62. The average Bonchev–Trinajstić information content (AvgIpc) is 2.88. The van der Waals surface area contributed by atoms with Gasteiger partial charge in [0.2, 0.25) is 17.6 Å². The highest BCUT2D eigenvalue weighted by Crippen LogP contribution is 2.30. The quantitative estimate of drug-likeness (QED) is 0.312. The number of amides is 2. The Kier molecular flexibility index (Phi) is 11.4. The van der Waals surface area contributed by atoms with E-state index in [1.54, 1.807) is 6.07 Å². The highest BCUT2D eigenvalue weighted by Gasteiger charge is 2.45. The molecule has 3 N–H and O–H groups in total. The van der Waals surface area contributed by atoms with Crippen LogP contribution in [-0.2, 0) is 19.2 Å². The van der Waals surface area contributed by atoms with Crippen LogP contribution in [0.15, 0.2) is 48.5 Å². The molecule has 0 aromatic heterocycles.